The molecule has 0 amide bonds. The van der Waals surface area contributed by atoms with Crippen LogP contribution in [0.3, 0.4) is 0 Å². The Morgan fingerprint density at radius 1 is 0.842 bits per heavy atom. The van der Waals surface area contributed by atoms with Crippen molar-refractivity contribution >= 4 is 0 Å². The second-order valence-corrected chi connectivity index (χ2v) is 6.93. The summed E-state index contributed by atoms with van der Waals surface area (Å²) in [4.78, 5) is 0. The Balaban J connectivity index is 1.52. The minimum absolute atomic E-state index is 0.323. The molecule has 19 heavy (non-hydrogen) atoms. The summed E-state index contributed by atoms with van der Waals surface area (Å²) < 4.78 is 6.37. The van der Waals surface area contributed by atoms with Crippen LogP contribution in [0.25, 0.3) is 0 Å². The van der Waals surface area contributed by atoms with Gasteiger partial charge in [0.05, 0.1) is 11.7 Å². The third-order valence-electron chi connectivity index (χ3n) is 5.22. The first-order chi connectivity index (χ1) is 9.35. The van der Waals surface area contributed by atoms with Gasteiger partial charge in [0.15, 0.2) is 0 Å². The van der Waals surface area contributed by atoms with Crippen LogP contribution in [-0.4, -0.2) is 11.7 Å². The fourth-order valence-electron chi connectivity index (χ4n) is 4.05. The summed E-state index contributed by atoms with van der Waals surface area (Å²) in [5.74, 6) is 0. The minimum Gasteiger partial charge on any atom is -0.372 e. The predicted molar refractivity (Wildman–Crippen MR) is 82.5 cm³/mol. The molecule has 2 heterocycles. The van der Waals surface area contributed by atoms with Gasteiger partial charge < -0.3 is 4.74 Å². The molecule has 2 fully saturated rings. The smallest absolute Gasteiger partial charge is 0.0686 e. The van der Waals surface area contributed by atoms with E-state index in [0.717, 1.165) is 0 Å². The van der Waals surface area contributed by atoms with E-state index in [2.05, 4.69) is 6.92 Å². The van der Waals surface area contributed by atoms with Crippen LogP contribution < -0.4 is 0 Å². The van der Waals surface area contributed by atoms with E-state index in [4.69, 9.17) is 4.74 Å². The SMILES string of the molecule is CCCCCCCCCCC12CCCC(CCC1)O2. The maximum atomic E-state index is 6.37. The van der Waals surface area contributed by atoms with Crippen LogP contribution in [0, 0.1) is 0 Å². The first-order valence-electron chi connectivity index (χ1n) is 9.02. The first-order valence-corrected chi connectivity index (χ1v) is 9.02. The van der Waals surface area contributed by atoms with Crippen LogP contribution in [0.15, 0.2) is 0 Å². The van der Waals surface area contributed by atoms with Crippen LogP contribution in [0.1, 0.15) is 103 Å². The van der Waals surface area contributed by atoms with E-state index in [1.54, 1.807) is 0 Å². The van der Waals surface area contributed by atoms with Crippen LogP contribution in [0.4, 0.5) is 0 Å². The molecule has 0 aromatic carbocycles. The van der Waals surface area contributed by atoms with Crippen LogP contribution in [0.2, 0.25) is 0 Å². The third kappa shape index (κ3) is 5.10. The highest BCUT2D eigenvalue weighted by Crippen LogP contribution is 2.42. The van der Waals surface area contributed by atoms with Gasteiger partial charge in [-0.15, -0.1) is 0 Å². The molecule has 112 valence electrons. The zero-order chi connectivity index (χ0) is 13.4. The van der Waals surface area contributed by atoms with E-state index in [1.807, 2.05) is 0 Å². The van der Waals surface area contributed by atoms with Crippen LogP contribution in [-0.2, 0) is 4.74 Å². The van der Waals surface area contributed by atoms with Crippen molar-refractivity contribution in [3.63, 3.8) is 0 Å². The van der Waals surface area contributed by atoms with Gasteiger partial charge in [-0.1, -0.05) is 58.3 Å². The highest BCUT2D eigenvalue weighted by atomic mass is 16.5. The molecule has 0 spiro atoms. The molecule has 0 unspecified atom stereocenters. The van der Waals surface area contributed by atoms with E-state index in [9.17, 15) is 0 Å². The van der Waals surface area contributed by atoms with E-state index < -0.39 is 0 Å². The highest BCUT2D eigenvalue weighted by Gasteiger charge is 2.39. The van der Waals surface area contributed by atoms with Gasteiger partial charge in [-0.25, -0.2) is 0 Å². The predicted octanol–water partition coefficient (Wildman–Crippen LogP) is 6.01. The quantitative estimate of drug-likeness (QED) is 0.464. The van der Waals surface area contributed by atoms with Crippen molar-refractivity contribution in [3.8, 4) is 0 Å². The van der Waals surface area contributed by atoms with E-state index in [-0.39, 0.29) is 0 Å². The molecule has 2 aliphatic rings. The maximum Gasteiger partial charge on any atom is 0.0686 e. The summed E-state index contributed by atoms with van der Waals surface area (Å²) in [5, 5.41) is 0. The normalized spacial score (nSPS) is 30.5. The molecule has 2 rings (SSSR count). The van der Waals surface area contributed by atoms with Crippen molar-refractivity contribution < 1.29 is 4.74 Å². The molecule has 0 radical (unpaired) electrons. The molecule has 0 atom stereocenters. The van der Waals surface area contributed by atoms with Crippen molar-refractivity contribution in [2.45, 2.75) is 115 Å². The summed E-state index contributed by atoms with van der Waals surface area (Å²) in [5.41, 5.74) is 0.323. The van der Waals surface area contributed by atoms with Gasteiger partial charge in [0, 0.05) is 0 Å². The third-order valence-corrected chi connectivity index (χ3v) is 5.22. The topological polar surface area (TPSA) is 9.23 Å². The van der Waals surface area contributed by atoms with Gasteiger partial charge in [-0.2, -0.15) is 0 Å². The lowest BCUT2D eigenvalue weighted by molar-refractivity contribution is -0.163. The number of hydrogen-bond acceptors (Lipinski definition) is 1. The van der Waals surface area contributed by atoms with Gasteiger partial charge in [-0.05, 0) is 44.9 Å². The number of hydrogen-bond donors (Lipinski definition) is 0. The molecule has 0 saturated carbocycles. The molecule has 0 aromatic heterocycles. The number of unbranched alkanes of at least 4 members (excludes halogenated alkanes) is 7. The molecular weight excluding hydrogens is 232 g/mol. The Morgan fingerprint density at radius 3 is 2.05 bits per heavy atom. The standard InChI is InChI=1S/C18H34O/c1-2-3-4-5-6-7-8-9-14-18-15-10-12-17(19-18)13-11-16-18/h17H,2-16H2,1H3. The van der Waals surface area contributed by atoms with Crippen molar-refractivity contribution in [1.29, 1.82) is 0 Å². The summed E-state index contributed by atoms with van der Waals surface area (Å²) in [6.07, 6.45) is 21.6. The molecule has 2 bridgehead atoms. The largest absolute Gasteiger partial charge is 0.372 e. The zero-order valence-electron chi connectivity index (χ0n) is 13.1. The second kappa shape index (κ2) is 8.29. The summed E-state index contributed by atoms with van der Waals surface area (Å²) in [6.45, 7) is 2.29. The summed E-state index contributed by atoms with van der Waals surface area (Å²) in [6, 6.07) is 0. The highest BCUT2D eigenvalue weighted by molar-refractivity contribution is 4.90. The zero-order valence-corrected chi connectivity index (χ0v) is 13.1. The number of ether oxygens (including phenoxy) is 1. The number of rotatable bonds is 9. The van der Waals surface area contributed by atoms with Crippen molar-refractivity contribution in [2.24, 2.45) is 0 Å². The van der Waals surface area contributed by atoms with Gasteiger partial charge in [-0.3, -0.25) is 0 Å². The van der Waals surface area contributed by atoms with Crippen molar-refractivity contribution in [2.75, 3.05) is 0 Å². The monoisotopic (exact) mass is 266 g/mol. The van der Waals surface area contributed by atoms with Gasteiger partial charge in [0.25, 0.3) is 0 Å². The lowest BCUT2D eigenvalue weighted by atomic mass is 9.78. The Bertz CT molecular complexity index is 226. The second-order valence-electron chi connectivity index (χ2n) is 6.93. The van der Waals surface area contributed by atoms with Gasteiger partial charge >= 0.3 is 0 Å². The lowest BCUT2D eigenvalue weighted by Crippen LogP contribution is -2.44. The summed E-state index contributed by atoms with van der Waals surface area (Å²) in [7, 11) is 0. The average molecular weight is 266 g/mol. The molecule has 0 N–H and O–H groups in total. The van der Waals surface area contributed by atoms with Crippen molar-refractivity contribution in [3.05, 3.63) is 0 Å². The molecule has 0 aromatic rings. The minimum atomic E-state index is 0.323. The molecule has 0 aliphatic carbocycles. The molecular formula is C18H34O. The van der Waals surface area contributed by atoms with Crippen LogP contribution in [0.5, 0.6) is 0 Å². The number of fused-ring (bicyclic) bond motifs is 2. The Kier molecular flexibility index (Phi) is 6.70. The van der Waals surface area contributed by atoms with E-state index in [1.165, 1.54) is 96.3 Å². The lowest BCUT2D eigenvalue weighted by Gasteiger charge is -2.45. The average Bonchev–Trinajstić information content (AvgIpc) is 2.42. The molecule has 2 saturated heterocycles. The Labute approximate surface area is 120 Å². The molecule has 2 aliphatic heterocycles. The Hall–Kier alpha value is -0.0400. The van der Waals surface area contributed by atoms with Crippen molar-refractivity contribution in [1.82, 2.24) is 0 Å². The molecule has 1 nitrogen and oxygen atoms in total. The fourth-order valence-corrected chi connectivity index (χ4v) is 4.05. The van der Waals surface area contributed by atoms with Crippen LogP contribution >= 0.6 is 0 Å². The van der Waals surface area contributed by atoms with Gasteiger partial charge in [0.2, 0.25) is 0 Å². The maximum absolute atomic E-state index is 6.37. The van der Waals surface area contributed by atoms with Gasteiger partial charge in [0.1, 0.15) is 0 Å². The van der Waals surface area contributed by atoms with E-state index in [0.29, 0.717) is 11.7 Å². The molecule has 1 heteroatoms. The first kappa shape index (κ1) is 15.4. The van der Waals surface area contributed by atoms with E-state index >= 15 is 0 Å². The summed E-state index contributed by atoms with van der Waals surface area (Å²) >= 11 is 0. The fraction of sp³-hybridized carbons (Fsp3) is 1.00. The Morgan fingerprint density at radius 2 is 1.42 bits per heavy atom.